The summed E-state index contributed by atoms with van der Waals surface area (Å²) in [5.41, 5.74) is -0.511. The minimum atomic E-state index is -0.596. The van der Waals surface area contributed by atoms with Gasteiger partial charge in [-0.3, -0.25) is 4.79 Å². The van der Waals surface area contributed by atoms with Gasteiger partial charge >= 0.3 is 5.97 Å². The Balaban J connectivity index is 2.95. The molecule has 0 atom stereocenters. The predicted molar refractivity (Wildman–Crippen MR) is 68.8 cm³/mol. The first-order valence-electron chi connectivity index (χ1n) is 5.29. The second-order valence-electron chi connectivity index (χ2n) is 4.63. The number of rotatable bonds is 3. The lowest BCUT2D eigenvalue weighted by Gasteiger charge is -2.19. The van der Waals surface area contributed by atoms with Gasteiger partial charge in [-0.1, -0.05) is 6.07 Å². The van der Waals surface area contributed by atoms with Crippen LogP contribution in [0.1, 0.15) is 32.6 Å². The van der Waals surface area contributed by atoms with Crippen LogP contribution in [0.5, 0.6) is 0 Å². The largest absolute Gasteiger partial charge is 0.456 e. The summed E-state index contributed by atoms with van der Waals surface area (Å²) in [6, 6.07) is 3.71. The maximum absolute atomic E-state index is 11.8. The van der Waals surface area contributed by atoms with E-state index in [-0.39, 0.29) is 11.4 Å². The summed E-state index contributed by atoms with van der Waals surface area (Å²) in [4.78, 5) is 24.1. The minimum Gasteiger partial charge on any atom is -0.456 e. The number of carbonyl (C=O) groups is 2. The molecule has 0 aliphatic heterocycles. The van der Waals surface area contributed by atoms with Crippen LogP contribution in [0.2, 0.25) is 0 Å². The molecule has 1 rings (SSSR count). The molecule has 0 radical (unpaired) electrons. The lowest BCUT2D eigenvalue weighted by atomic mass is 10.1. The van der Waals surface area contributed by atoms with Crippen LogP contribution in [0.3, 0.4) is 0 Å². The van der Waals surface area contributed by atoms with Gasteiger partial charge < -0.3 is 4.74 Å². The fraction of sp³-hybridized carbons (Fsp3) is 0.385. The smallest absolute Gasteiger partial charge is 0.342 e. The van der Waals surface area contributed by atoms with Crippen molar-refractivity contribution in [3.8, 4) is 0 Å². The summed E-state index contributed by atoms with van der Waals surface area (Å²) in [7, 11) is 0. The van der Waals surface area contributed by atoms with Crippen molar-refractivity contribution in [1.29, 1.82) is 0 Å². The molecule has 1 heterocycles. The van der Waals surface area contributed by atoms with Crippen LogP contribution in [0, 0.1) is 0 Å². The molecule has 4 heteroatoms. The molecular weight excluding hydrogens is 236 g/mol. The number of ether oxygens (including phenoxy) is 1. The zero-order valence-electron chi connectivity index (χ0n) is 10.4. The van der Waals surface area contributed by atoms with Crippen LogP contribution in [-0.2, 0) is 14.3 Å². The molecule has 0 fully saturated rings. The molecule has 3 nitrogen and oxygen atoms in total. The average molecular weight is 252 g/mol. The molecule has 0 saturated heterocycles. The Morgan fingerprint density at radius 3 is 2.41 bits per heavy atom. The number of ketones is 1. The van der Waals surface area contributed by atoms with E-state index in [0.717, 1.165) is 4.88 Å². The molecule has 0 aromatic carbocycles. The van der Waals surface area contributed by atoms with Crippen LogP contribution < -0.4 is 0 Å². The predicted octanol–water partition coefficient (Wildman–Crippen LogP) is 3.06. The van der Waals surface area contributed by atoms with Gasteiger partial charge in [-0.25, -0.2) is 4.79 Å². The van der Waals surface area contributed by atoms with Crippen molar-refractivity contribution < 1.29 is 14.3 Å². The standard InChI is InChI=1S/C13H16O3S/c1-9(14)11(8-10-6-5-7-17-10)12(15)16-13(2,3)4/h5-8H,1-4H3/b11-8+. The monoisotopic (exact) mass is 252 g/mol. The summed E-state index contributed by atoms with van der Waals surface area (Å²) in [6.07, 6.45) is 1.57. The first kappa shape index (κ1) is 13.6. The average Bonchev–Trinajstić information content (AvgIpc) is 2.62. The highest BCUT2D eigenvalue weighted by Crippen LogP contribution is 2.17. The second kappa shape index (κ2) is 5.27. The highest BCUT2D eigenvalue weighted by atomic mass is 32.1. The minimum absolute atomic E-state index is 0.0855. The van der Waals surface area contributed by atoms with Gasteiger partial charge in [0.1, 0.15) is 11.2 Å². The van der Waals surface area contributed by atoms with Crippen LogP contribution >= 0.6 is 11.3 Å². The summed E-state index contributed by atoms with van der Waals surface area (Å²) in [5, 5.41) is 1.89. The van der Waals surface area contributed by atoms with Gasteiger partial charge in [-0.15, -0.1) is 11.3 Å². The fourth-order valence-corrected chi connectivity index (χ4v) is 1.81. The Bertz CT molecular complexity index is 436. The van der Waals surface area contributed by atoms with Crippen LogP contribution in [0.15, 0.2) is 23.1 Å². The first-order chi connectivity index (χ1) is 7.79. The van der Waals surface area contributed by atoms with Gasteiger partial charge in [0.05, 0.1) is 0 Å². The van der Waals surface area contributed by atoms with Gasteiger partial charge in [0.25, 0.3) is 0 Å². The van der Waals surface area contributed by atoms with E-state index < -0.39 is 11.6 Å². The number of esters is 1. The molecule has 0 N–H and O–H groups in total. The van der Waals surface area contributed by atoms with Gasteiger partial charge in [0.15, 0.2) is 5.78 Å². The van der Waals surface area contributed by atoms with Crippen molar-refractivity contribution in [2.75, 3.05) is 0 Å². The van der Waals surface area contributed by atoms with Crippen molar-refractivity contribution in [2.45, 2.75) is 33.3 Å². The number of Topliss-reactive ketones (excluding diaryl/α,β-unsaturated/α-hetero) is 1. The Morgan fingerprint density at radius 2 is 2.00 bits per heavy atom. The van der Waals surface area contributed by atoms with E-state index in [1.54, 1.807) is 26.8 Å². The maximum Gasteiger partial charge on any atom is 0.342 e. The molecule has 1 aromatic heterocycles. The van der Waals surface area contributed by atoms with Gasteiger partial charge in [-0.2, -0.15) is 0 Å². The first-order valence-corrected chi connectivity index (χ1v) is 6.17. The summed E-state index contributed by atoms with van der Waals surface area (Å²) < 4.78 is 5.19. The molecule has 0 bridgehead atoms. The van der Waals surface area contributed by atoms with Crippen LogP contribution in [0.25, 0.3) is 6.08 Å². The molecule has 92 valence electrons. The van der Waals surface area contributed by atoms with E-state index in [9.17, 15) is 9.59 Å². The van der Waals surface area contributed by atoms with Crippen molar-refractivity contribution in [1.82, 2.24) is 0 Å². The zero-order valence-corrected chi connectivity index (χ0v) is 11.3. The summed E-state index contributed by atoms with van der Waals surface area (Å²) in [6.45, 7) is 6.68. The Hall–Kier alpha value is -1.42. The Morgan fingerprint density at radius 1 is 1.35 bits per heavy atom. The Kier molecular flexibility index (Phi) is 4.23. The molecule has 0 unspecified atom stereocenters. The number of thiophene rings is 1. The molecule has 0 aliphatic carbocycles. The number of hydrogen-bond donors (Lipinski definition) is 0. The molecule has 0 saturated carbocycles. The van der Waals surface area contributed by atoms with Gasteiger partial charge in [0, 0.05) is 4.88 Å². The van der Waals surface area contributed by atoms with Crippen LogP contribution in [0.4, 0.5) is 0 Å². The van der Waals surface area contributed by atoms with Crippen molar-refractivity contribution >= 4 is 29.2 Å². The SMILES string of the molecule is CC(=O)/C(=C\c1cccs1)C(=O)OC(C)(C)C. The van der Waals surface area contributed by atoms with Crippen molar-refractivity contribution in [2.24, 2.45) is 0 Å². The molecule has 17 heavy (non-hydrogen) atoms. The molecule has 0 spiro atoms. The lowest BCUT2D eigenvalue weighted by Crippen LogP contribution is -2.26. The highest BCUT2D eigenvalue weighted by molar-refractivity contribution is 7.10. The maximum atomic E-state index is 11.8. The van der Waals surface area contributed by atoms with E-state index in [0.29, 0.717) is 0 Å². The quantitative estimate of drug-likeness (QED) is 0.359. The molecular formula is C13H16O3S. The normalized spacial score (nSPS) is 12.4. The highest BCUT2D eigenvalue weighted by Gasteiger charge is 2.22. The summed E-state index contributed by atoms with van der Waals surface area (Å²) in [5.74, 6) is -0.856. The molecule has 0 amide bonds. The lowest BCUT2D eigenvalue weighted by molar-refractivity contribution is -0.150. The number of hydrogen-bond acceptors (Lipinski definition) is 4. The van der Waals surface area contributed by atoms with E-state index >= 15 is 0 Å². The van der Waals surface area contributed by atoms with E-state index in [2.05, 4.69) is 0 Å². The van der Waals surface area contributed by atoms with E-state index in [4.69, 9.17) is 4.74 Å². The van der Waals surface area contributed by atoms with Gasteiger partial charge in [-0.05, 0) is 45.2 Å². The van der Waals surface area contributed by atoms with Gasteiger partial charge in [0.2, 0.25) is 0 Å². The van der Waals surface area contributed by atoms with E-state index in [1.165, 1.54) is 18.3 Å². The van der Waals surface area contributed by atoms with Crippen molar-refractivity contribution in [3.63, 3.8) is 0 Å². The fourth-order valence-electron chi connectivity index (χ4n) is 1.15. The van der Waals surface area contributed by atoms with E-state index in [1.807, 2.05) is 17.5 Å². The van der Waals surface area contributed by atoms with Crippen LogP contribution in [-0.4, -0.2) is 17.4 Å². The van der Waals surface area contributed by atoms with Crippen molar-refractivity contribution in [3.05, 3.63) is 28.0 Å². The topological polar surface area (TPSA) is 43.4 Å². The summed E-state index contributed by atoms with van der Waals surface area (Å²) >= 11 is 1.47. The zero-order chi connectivity index (χ0) is 13.1. The molecule has 1 aromatic rings. The number of carbonyl (C=O) groups excluding carboxylic acids is 2. The third-order valence-corrected chi connectivity index (χ3v) is 2.65. The Labute approximate surface area is 105 Å². The third-order valence-electron chi connectivity index (χ3n) is 1.83. The molecule has 0 aliphatic rings. The third kappa shape index (κ3) is 4.53. The second-order valence-corrected chi connectivity index (χ2v) is 5.61.